The minimum atomic E-state index is -0.981. The topological polar surface area (TPSA) is 66.6 Å². The Labute approximate surface area is 72.3 Å². The van der Waals surface area contributed by atoms with Crippen LogP contribution in [0, 0.1) is 0 Å². The molecule has 1 unspecified atom stereocenters. The van der Waals surface area contributed by atoms with Gasteiger partial charge in [0.25, 0.3) is 0 Å². The quantitative estimate of drug-likeness (QED) is 0.579. The van der Waals surface area contributed by atoms with Gasteiger partial charge >= 0.3 is 5.97 Å². The van der Waals surface area contributed by atoms with Crippen molar-refractivity contribution in [3.8, 4) is 0 Å². The van der Waals surface area contributed by atoms with Crippen LogP contribution in [-0.2, 0) is 4.79 Å². The predicted molar refractivity (Wildman–Crippen MR) is 45.9 cm³/mol. The molecule has 1 saturated heterocycles. The number of likely N-dealkylation sites (tertiary alicyclic amines) is 1. The molecule has 0 saturated carbocycles. The Balaban J connectivity index is 2.61. The third-order valence-electron chi connectivity index (χ3n) is 2.53. The van der Waals surface area contributed by atoms with E-state index in [0.717, 1.165) is 19.5 Å². The first-order valence-electron chi connectivity index (χ1n) is 4.25. The number of carboxylic acids is 1. The molecule has 0 aromatic rings. The Morgan fingerprint density at radius 2 is 2.17 bits per heavy atom. The summed E-state index contributed by atoms with van der Waals surface area (Å²) < 4.78 is 0. The van der Waals surface area contributed by atoms with Crippen LogP contribution in [0.2, 0.25) is 0 Å². The SMILES string of the molecule is CN1CCCC(N)(C(=O)O)CC1. The van der Waals surface area contributed by atoms with E-state index in [0.29, 0.717) is 12.8 Å². The van der Waals surface area contributed by atoms with Gasteiger partial charge in [0.15, 0.2) is 0 Å². The second-order valence-electron chi connectivity index (χ2n) is 3.62. The first-order valence-corrected chi connectivity index (χ1v) is 4.25. The normalized spacial score (nSPS) is 32.8. The molecule has 1 aliphatic heterocycles. The minimum Gasteiger partial charge on any atom is -0.480 e. The number of nitrogens with two attached hydrogens (primary N) is 1. The zero-order valence-corrected chi connectivity index (χ0v) is 7.42. The molecular formula is C8H16N2O2. The summed E-state index contributed by atoms with van der Waals surface area (Å²) in [6.45, 7) is 1.73. The lowest BCUT2D eigenvalue weighted by Gasteiger charge is -2.22. The lowest BCUT2D eigenvalue weighted by Crippen LogP contribution is -2.48. The molecule has 4 heteroatoms. The zero-order valence-electron chi connectivity index (χ0n) is 7.42. The molecule has 1 heterocycles. The molecular weight excluding hydrogens is 156 g/mol. The zero-order chi connectivity index (χ0) is 9.19. The highest BCUT2D eigenvalue weighted by Crippen LogP contribution is 2.19. The Bertz CT molecular complexity index is 184. The summed E-state index contributed by atoms with van der Waals surface area (Å²) in [5.41, 5.74) is 4.76. The summed E-state index contributed by atoms with van der Waals surface area (Å²) in [5, 5.41) is 8.87. The van der Waals surface area contributed by atoms with E-state index in [1.807, 2.05) is 7.05 Å². The first-order chi connectivity index (χ1) is 5.54. The van der Waals surface area contributed by atoms with Crippen LogP contribution in [0.25, 0.3) is 0 Å². The number of rotatable bonds is 1. The van der Waals surface area contributed by atoms with Crippen LogP contribution in [0.5, 0.6) is 0 Å². The molecule has 0 bridgehead atoms. The van der Waals surface area contributed by atoms with Crippen LogP contribution in [0.1, 0.15) is 19.3 Å². The molecule has 12 heavy (non-hydrogen) atoms. The third-order valence-corrected chi connectivity index (χ3v) is 2.53. The van der Waals surface area contributed by atoms with Crippen molar-refractivity contribution in [2.24, 2.45) is 5.73 Å². The Kier molecular flexibility index (Phi) is 2.69. The fourth-order valence-corrected chi connectivity index (χ4v) is 1.51. The highest BCUT2D eigenvalue weighted by Gasteiger charge is 2.34. The van der Waals surface area contributed by atoms with Crippen molar-refractivity contribution in [3.05, 3.63) is 0 Å². The summed E-state index contributed by atoms with van der Waals surface area (Å²) in [4.78, 5) is 12.9. The van der Waals surface area contributed by atoms with Crippen molar-refractivity contribution in [2.75, 3.05) is 20.1 Å². The number of aliphatic carboxylic acids is 1. The largest absolute Gasteiger partial charge is 0.480 e. The van der Waals surface area contributed by atoms with Gasteiger partial charge < -0.3 is 15.7 Å². The fourth-order valence-electron chi connectivity index (χ4n) is 1.51. The lowest BCUT2D eigenvalue weighted by atomic mass is 9.92. The Morgan fingerprint density at radius 3 is 2.75 bits per heavy atom. The molecule has 0 spiro atoms. The minimum absolute atomic E-state index is 0.554. The maximum atomic E-state index is 10.8. The summed E-state index contributed by atoms with van der Waals surface area (Å²) in [6, 6.07) is 0. The van der Waals surface area contributed by atoms with Crippen LogP contribution in [-0.4, -0.2) is 41.7 Å². The lowest BCUT2D eigenvalue weighted by molar-refractivity contribution is -0.143. The third kappa shape index (κ3) is 1.95. The molecule has 1 rings (SSSR count). The molecule has 0 amide bonds. The maximum absolute atomic E-state index is 10.8. The van der Waals surface area contributed by atoms with Crippen LogP contribution >= 0.6 is 0 Å². The van der Waals surface area contributed by atoms with Gasteiger partial charge in [0.2, 0.25) is 0 Å². The van der Waals surface area contributed by atoms with Crippen LogP contribution in [0.3, 0.4) is 0 Å². The smallest absolute Gasteiger partial charge is 0.323 e. The Hall–Kier alpha value is -0.610. The van der Waals surface area contributed by atoms with E-state index < -0.39 is 11.5 Å². The average Bonchev–Trinajstić information content (AvgIpc) is 2.15. The second kappa shape index (κ2) is 3.41. The number of carboxylic acid groups (broad SMARTS) is 1. The van der Waals surface area contributed by atoms with E-state index in [-0.39, 0.29) is 0 Å². The predicted octanol–water partition coefficient (Wildman–Crippen LogP) is -0.116. The molecule has 70 valence electrons. The van der Waals surface area contributed by atoms with Gasteiger partial charge in [0, 0.05) is 6.54 Å². The van der Waals surface area contributed by atoms with Crippen molar-refractivity contribution in [3.63, 3.8) is 0 Å². The van der Waals surface area contributed by atoms with Crippen LogP contribution < -0.4 is 5.73 Å². The van der Waals surface area contributed by atoms with E-state index >= 15 is 0 Å². The summed E-state index contributed by atoms with van der Waals surface area (Å²) in [7, 11) is 1.99. The van der Waals surface area contributed by atoms with Gasteiger partial charge in [-0.2, -0.15) is 0 Å². The summed E-state index contributed by atoms with van der Waals surface area (Å²) in [6.07, 6.45) is 2.02. The van der Waals surface area contributed by atoms with Crippen LogP contribution in [0.4, 0.5) is 0 Å². The van der Waals surface area contributed by atoms with Gasteiger partial charge in [0.1, 0.15) is 5.54 Å². The first kappa shape index (κ1) is 9.48. The van der Waals surface area contributed by atoms with Gasteiger partial charge in [-0.1, -0.05) is 0 Å². The van der Waals surface area contributed by atoms with Crippen molar-refractivity contribution in [1.82, 2.24) is 4.90 Å². The van der Waals surface area contributed by atoms with Gasteiger partial charge in [0.05, 0.1) is 0 Å². The van der Waals surface area contributed by atoms with Crippen molar-refractivity contribution in [1.29, 1.82) is 0 Å². The van der Waals surface area contributed by atoms with Crippen LogP contribution in [0.15, 0.2) is 0 Å². The number of hydrogen-bond acceptors (Lipinski definition) is 3. The van der Waals surface area contributed by atoms with Crippen molar-refractivity contribution < 1.29 is 9.90 Å². The number of hydrogen-bond donors (Lipinski definition) is 2. The number of nitrogens with zero attached hydrogens (tertiary/aromatic N) is 1. The van der Waals surface area contributed by atoms with E-state index in [1.54, 1.807) is 0 Å². The molecule has 3 N–H and O–H groups in total. The standard InChI is InChI=1S/C8H16N2O2/c1-10-5-2-3-8(9,4-6-10)7(11)12/h2-6,9H2,1H3,(H,11,12). The molecule has 0 aromatic heterocycles. The van der Waals surface area contributed by atoms with E-state index in [2.05, 4.69) is 4.90 Å². The fraction of sp³-hybridized carbons (Fsp3) is 0.875. The summed E-state index contributed by atoms with van der Waals surface area (Å²) >= 11 is 0. The highest BCUT2D eigenvalue weighted by molar-refractivity contribution is 5.78. The van der Waals surface area contributed by atoms with Gasteiger partial charge in [-0.3, -0.25) is 4.79 Å². The molecule has 0 radical (unpaired) electrons. The van der Waals surface area contributed by atoms with E-state index in [9.17, 15) is 4.79 Å². The molecule has 1 aliphatic rings. The van der Waals surface area contributed by atoms with E-state index in [4.69, 9.17) is 10.8 Å². The molecule has 1 atom stereocenters. The maximum Gasteiger partial charge on any atom is 0.323 e. The second-order valence-corrected chi connectivity index (χ2v) is 3.62. The highest BCUT2D eigenvalue weighted by atomic mass is 16.4. The Morgan fingerprint density at radius 1 is 1.50 bits per heavy atom. The van der Waals surface area contributed by atoms with E-state index in [1.165, 1.54) is 0 Å². The van der Waals surface area contributed by atoms with Gasteiger partial charge in [-0.25, -0.2) is 0 Å². The molecule has 1 fully saturated rings. The van der Waals surface area contributed by atoms with Crippen molar-refractivity contribution in [2.45, 2.75) is 24.8 Å². The number of carbonyl (C=O) groups is 1. The average molecular weight is 172 g/mol. The van der Waals surface area contributed by atoms with Gasteiger partial charge in [-0.05, 0) is 32.9 Å². The molecule has 0 aliphatic carbocycles. The van der Waals surface area contributed by atoms with Crippen molar-refractivity contribution >= 4 is 5.97 Å². The monoisotopic (exact) mass is 172 g/mol. The molecule has 4 nitrogen and oxygen atoms in total. The summed E-state index contributed by atoms with van der Waals surface area (Å²) in [5.74, 6) is -0.863. The van der Waals surface area contributed by atoms with Gasteiger partial charge in [-0.15, -0.1) is 0 Å². The molecule has 0 aromatic carbocycles.